The molecule has 38 heavy (non-hydrogen) atoms. The zero-order valence-corrected chi connectivity index (χ0v) is 21.9. The summed E-state index contributed by atoms with van der Waals surface area (Å²) in [5.41, 5.74) is 0.957. The quantitative estimate of drug-likeness (QED) is 0.290. The van der Waals surface area contributed by atoms with Gasteiger partial charge in [-0.05, 0) is 66.4 Å². The highest BCUT2D eigenvalue weighted by Crippen LogP contribution is 2.36. The van der Waals surface area contributed by atoms with E-state index in [1.54, 1.807) is 37.3 Å². The van der Waals surface area contributed by atoms with E-state index in [-0.39, 0.29) is 28.7 Å². The molecule has 200 valence electrons. The lowest BCUT2D eigenvalue weighted by Crippen LogP contribution is -2.49. The monoisotopic (exact) mass is 566 g/mol. The molecule has 0 saturated carbocycles. The van der Waals surface area contributed by atoms with E-state index in [4.69, 9.17) is 11.6 Å². The number of hydrogen-bond donors (Lipinski definition) is 1. The average Bonchev–Trinajstić information content (AvgIpc) is 2.83. The summed E-state index contributed by atoms with van der Waals surface area (Å²) in [5, 5.41) is 2.91. The Bertz CT molecular complexity index is 1520. The van der Waals surface area contributed by atoms with Gasteiger partial charge in [-0.25, -0.2) is 12.8 Å². The average molecular weight is 567 g/mol. The number of allylic oxidation sites excluding steroid dienone is 1. The van der Waals surface area contributed by atoms with Crippen molar-refractivity contribution in [2.24, 2.45) is 0 Å². The molecule has 0 radical (unpaired) electrons. The molecule has 1 aliphatic heterocycles. The molecule has 1 heterocycles. The van der Waals surface area contributed by atoms with Crippen LogP contribution in [-0.4, -0.2) is 26.9 Å². The van der Waals surface area contributed by atoms with Crippen LogP contribution < -0.4 is 9.62 Å². The molecule has 5 nitrogen and oxygen atoms in total. The Balaban J connectivity index is 1.82. The first-order valence-electron chi connectivity index (χ1n) is 11.5. The normalized spacial score (nSPS) is 16.2. The second-order valence-electron chi connectivity index (χ2n) is 8.98. The fourth-order valence-electron chi connectivity index (χ4n) is 4.47. The minimum absolute atomic E-state index is 0.184. The van der Waals surface area contributed by atoms with Crippen molar-refractivity contribution in [3.63, 3.8) is 0 Å². The van der Waals surface area contributed by atoms with Gasteiger partial charge in [-0.2, -0.15) is 13.2 Å². The topological polar surface area (TPSA) is 66.5 Å². The van der Waals surface area contributed by atoms with Crippen LogP contribution in [0.15, 0.2) is 65.6 Å². The fourth-order valence-corrected chi connectivity index (χ4v) is 6.37. The highest BCUT2D eigenvalue weighted by Gasteiger charge is 2.36. The van der Waals surface area contributed by atoms with Crippen LogP contribution in [0.5, 0.6) is 0 Å². The molecule has 0 bridgehead atoms. The van der Waals surface area contributed by atoms with Gasteiger partial charge in [0.05, 0.1) is 33.8 Å². The number of amides is 1. The van der Waals surface area contributed by atoms with E-state index < -0.39 is 38.5 Å². The summed E-state index contributed by atoms with van der Waals surface area (Å²) in [4.78, 5) is 11.2. The number of nitrogens with one attached hydrogen (secondary N) is 1. The molecule has 0 aromatic heterocycles. The maximum atomic E-state index is 14.4. The number of carbonyl (C=O) groups is 1. The molecule has 0 aliphatic carbocycles. The molecular weight excluding hydrogens is 544 g/mol. The molecule has 1 atom stereocenters. The van der Waals surface area contributed by atoms with Gasteiger partial charge in [-0.1, -0.05) is 41.9 Å². The summed E-state index contributed by atoms with van der Waals surface area (Å²) < 4.78 is 82.7. The third-order valence-corrected chi connectivity index (χ3v) is 8.22. The number of sulfonamides is 1. The minimum Gasteiger partial charge on any atom is -0.351 e. The highest BCUT2D eigenvalue weighted by molar-refractivity contribution is 7.92. The Hall–Kier alpha value is -3.37. The number of alkyl halides is 3. The zero-order chi connectivity index (χ0) is 27.8. The van der Waals surface area contributed by atoms with Gasteiger partial charge in [0.1, 0.15) is 5.82 Å². The molecule has 4 rings (SSSR count). The van der Waals surface area contributed by atoms with Crippen molar-refractivity contribution >= 4 is 44.9 Å². The Labute approximate surface area is 222 Å². The molecule has 1 N–H and O–H groups in total. The number of hydrogen-bond acceptors (Lipinski definition) is 3. The first kappa shape index (κ1) is 27.7. The summed E-state index contributed by atoms with van der Waals surface area (Å²) >= 11 is 6.18. The molecule has 11 heteroatoms. The Morgan fingerprint density at radius 1 is 1.08 bits per heavy atom. The van der Waals surface area contributed by atoms with Crippen molar-refractivity contribution in [3.8, 4) is 0 Å². The summed E-state index contributed by atoms with van der Waals surface area (Å²) in [5.74, 6) is -0.886. The van der Waals surface area contributed by atoms with E-state index in [2.05, 4.69) is 5.32 Å². The molecule has 0 unspecified atom stereocenters. The Kier molecular flexibility index (Phi) is 7.58. The number of halogens is 5. The number of rotatable bonds is 5. The third kappa shape index (κ3) is 5.71. The van der Waals surface area contributed by atoms with Crippen LogP contribution in [-0.2, 0) is 27.4 Å². The van der Waals surface area contributed by atoms with Gasteiger partial charge >= 0.3 is 6.18 Å². The summed E-state index contributed by atoms with van der Waals surface area (Å²) in [6, 6.07) is 12.2. The molecule has 0 fully saturated rings. The lowest BCUT2D eigenvalue weighted by Gasteiger charge is -2.35. The van der Waals surface area contributed by atoms with Gasteiger partial charge in [0.15, 0.2) is 0 Å². The standard InChI is InChI=1S/C27H23ClF4N2O3S/c1-16(26-23(28)7-4-8-24(26)29)11-18-9-10-19-13-21(33-17(2)35)15-34(25(19)12-18)38(36,37)22-6-3-5-20(14-22)27(30,31)32/h3-12,14,21H,13,15H2,1-2H3,(H,33,35)/t21-/m1/s1. The Morgan fingerprint density at radius 2 is 1.79 bits per heavy atom. The zero-order valence-electron chi connectivity index (χ0n) is 20.3. The summed E-state index contributed by atoms with van der Waals surface area (Å²) in [6.45, 7) is 2.77. The van der Waals surface area contributed by atoms with Crippen LogP contribution in [0.25, 0.3) is 11.6 Å². The molecule has 0 spiro atoms. The maximum Gasteiger partial charge on any atom is 0.416 e. The van der Waals surface area contributed by atoms with Gasteiger partial charge in [0, 0.05) is 12.5 Å². The molecule has 3 aromatic rings. The van der Waals surface area contributed by atoms with E-state index in [9.17, 15) is 30.8 Å². The third-order valence-electron chi connectivity index (χ3n) is 6.13. The van der Waals surface area contributed by atoms with Crippen LogP contribution in [0.3, 0.4) is 0 Å². The summed E-state index contributed by atoms with van der Waals surface area (Å²) in [7, 11) is -4.46. The lowest BCUT2D eigenvalue weighted by atomic mass is 9.96. The Morgan fingerprint density at radius 3 is 2.45 bits per heavy atom. The molecular formula is C27H23ClF4N2O3S. The number of nitrogens with zero attached hydrogens (tertiary/aromatic N) is 1. The van der Waals surface area contributed by atoms with Crippen LogP contribution >= 0.6 is 11.6 Å². The number of carbonyl (C=O) groups excluding carboxylic acids is 1. The second kappa shape index (κ2) is 10.4. The van der Waals surface area contributed by atoms with Crippen molar-refractivity contribution in [2.75, 3.05) is 10.8 Å². The first-order valence-corrected chi connectivity index (χ1v) is 13.3. The van der Waals surface area contributed by atoms with Crippen molar-refractivity contribution < 1.29 is 30.8 Å². The summed E-state index contributed by atoms with van der Waals surface area (Å²) in [6.07, 6.45) is -2.78. The number of benzene rings is 3. The van der Waals surface area contributed by atoms with Gasteiger partial charge < -0.3 is 5.32 Å². The number of fused-ring (bicyclic) bond motifs is 1. The van der Waals surface area contributed by atoms with E-state index >= 15 is 0 Å². The van der Waals surface area contributed by atoms with Crippen LogP contribution in [0.2, 0.25) is 5.02 Å². The SMILES string of the molecule is CC(=O)N[C@@H]1Cc2ccc(C=C(C)c3c(F)cccc3Cl)cc2N(S(=O)(=O)c2cccc(C(F)(F)F)c2)C1. The highest BCUT2D eigenvalue weighted by atomic mass is 35.5. The fraction of sp³-hybridized carbons (Fsp3) is 0.222. The van der Waals surface area contributed by atoms with Gasteiger partial charge in [-0.15, -0.1) is 0 Å². The molecule has 1 amide bonds. The maximum absolute atomic E-state index is 14.4. The van der Waals surface area contributed by atoms with Gasteiger partial charge in [0.2, 0.25) is 5.91 Å². The number of anilines is 1. The predicted octanol–water partition coefficient (Wildman–Crippen LogP) is 6.31. The largest absolute Gasteiger partial charge is 0.416 e. The van der Waals surface area contributed by atoms with E-state index in [0.29, 0.717) is 29.2 Å². The van der Waals surface area contributed by atoms with Crippen molar-refractivity contribution in [1.29, 1.82) is 0 Å². The van der Waals surface area contributed by atoms with E-state index in [1.165, 1.54) is 19.1 Å². The van der Waals surface area contributed by atoms with Crippen LogP contribution in [0.1, 0.15) is 36.1 Å². The van der Waals surface area contributed by atoms with Gasteiger partial charge in [-0.3, -0.25) is 9.10 Å². The van der Waals surface area contributed by atoms with E-state index in [0.717, 1.165) is 22.5 Å². The first-order chi connectivity index (χ1) is 17.8. The van der Waals surface area contributed by atoms with Crippen molar-refractivity contribution in [1.82, 2.24) is 5.32 Å². The van der Waals surface area contributed by atoms with E-state index in [1.807, 2.05) is 0 Å². The van der Waals surface area contributed by atoms with Crippen LogP contribution in [0, 0.1) is 5.82 Å². The minimum atomic E-state index is -4.73. The van der Waals surface area contributed by atoms with Gasteiger partial charge in [0.25, 0.3) is 10.0 Å². The lowest BCUT2D eigenvalue weighted by molar-refractivity contribution is -0.137. The smallest absolute Gasteiger partial charge is 0.351 e. The predicted molar refractivity (Wildman–Crippen MR) is 139 cm³/mol. The van der Waals surface area contributed by atoms with Crippen LogP contribution in [0.4, 0.5) is 23.2 Å². The molecule has 0 saturated heterocycles. The molecule has 3 aromatic carbocycles. The van der Waals surface area contributed by atoms with Crippen molar-refractivity contribution in [2.45, 2.75) is 37.4 Å². The second-order valence-corrected chi connectivity index (χ2v) is 11.2. The van der Waals surface area contributed by atoms with Crippen molar-refractivity contribution in [3.05, 3.63) is 93.8 Å². The molecule has 1 aliphatic rings.